The Morgan fingerprint density at radius 3 is 2.55 bits per heavy atom. The normalized spacial score (nSPS) is 33.9. The number of carbonyl (C=O) groups is 1. The van der Waals surface area contributed by atoms with Gasteiger partial charge in [0.15, 0.2) is 5.79 Å². The van der Waals surface area contributed by atoms with Crippen LogP contribution in [0.5, 0.6) is 0 Å². The highest BCUT2D eigenvalue weighted by Crippen LogP contribution is 2.46. The average Bonchev–Trinajstić information content (AvgIpc) is 3.10. The third-order valence-corrected chi connectivity index (χ3v) is 5.82. The summed E-state index contributed by atoms with van der Waals surface area (Å²) in [5, 5.41) is 0. The van der Waals surface area contributed by atoms with E-state index in [1.807, 2.05) is 20.8 Å². The summed E-state index contributed by atoms with van der Waals surface area (Å²) in [7, 11) is 0. The van der Waals surface area contributed by atoms with Crippen molar-refractivity contribution in [1.82, 2.24) is 0 Å². The zero-order chi connectivity index (χ0) is 15.8. The maximum absolute atomic E-state index is 12.1. The van der Waals surface area contributed by atoms with Crippen molar-refractivity contribution >= 4 is 5.97 Å². The fourth-order valence-corrected chi connectivity index (χ4v) is 3.86. The van der Waals surface area contributed by atoms with Gasteiger partial charge in [-0.1, -0.05) is 6.92 Å². The highest BCUT2D eigenvalue weighted by Gasteiger charge is 2.50. The van der Waals surface area contributed by atoms with Crippen molar-refractivity contribution in [1.29, 1.82) is 0 Å². The molecule has 0 radical (unpaired) electrons. The van der Waals surface area contributed by atoms with Gasteiger partial charge in [0.05, 0.1) is 24.2 Å². The third kappa shape index (κ3) is 3.18. The molecule has 0 amide bonds. The van der Waals surface area contributed by atoms with Gasteiger partial charge in [0.2, 0.25) is 0 Å². The van der Waals surface area contributed by atoms with Crippen LogP contribution in [0.25, 0.3) is 0 Å². The molecule has 3 atom stereocenters. The molecule has 4 heteroatoms. The average molecular weight is 310 g/mol. The fourth-order valence-electron chi connectivity index (χ4n) is 3.86. The molecule has 2 aliphatic carbocycles. The molecule has 1 heterocycles. The van der Waals surface area contributed by atoms with Gasteiger partial charge >= 0.3 is 5.97 Å². The van der Waals surface area contributed by atoms with Crippen molar-refractivity contribution in [2.75, 3.05) is 6.61 Å². The maximum atomic E-state index is 12.1. The van der Waals surface area contributed by atoms with E-state index in [0.29, 0.717) is 12.5 Å². The molecule has 0 aromatic rings. The van der Waals surface area contributed by atoms with Crippen LogP contribution in [-0.2, 0) is 19.0 Å². The molecule has 0 N–H and O–H groups in total. The van der Waals surface area contributed by atoms with Gasteiger partial charge in [-0.3, -0.25) is 4.79 Å². The summed E-state index contributed by atoms with van der Waals surface area (Å²) in [4.78, 5) is 12.1. The molecule has 1 aliphatic heterocycles. The molecule has 22 heavy (non-hydrogen) atoms. The lowest BCUT2D eigenvalue weighted by molar-refractivity contribution is -0.169. The number of rotatable bonds is 4. The number of ether oxygens (including phenoxy) is 3. The highest BCUT2D eigenvalue weighted by atomic mass is 16.8. The molecule has 3 rings (SSSR count). The minimum atomic E-state index is -0.377. The van der Waals surface area contributed by atoms with Gasteiger partial charge in [0, 0.05) is 12.8 Å². The summed E-state index contributed by atoms with van der Waals surface area (Å²) in [5.41, 5.74) is -0.377. The van der Waals surface area contributed by atoms with E-state index in [9.17, 15) is 4.79 Å². The largest absolute Gasteiger partial charge is 0.465 e. The summed E-state index contributed by atoms with van der Waals surface area (Å²) in [6, 6.07) is 0. The van der Waals surface area contributed by atoms with Crippen LogP contribution in [0.2, 0.25) is 0 Å². The molecule has 4 nitrogen and oxygen atoms in total. The van der Waals surface area contributed by atoms with E-state index >= 15 is 0 Å². The minimum Gasteiger partial charge on any atom is -0.465 e. The molecule has 126 valence electrons. The van der Waals surface area contributed by atoms with Crippen LogP contribution in [-0.4, -0.2) is 30.6 Å². The quantitative estimate of drug-likeness (QED) is 0.741. The molecule has 0 bridgehead atoms. The van der Waals surface area contributed by atoms with Crippen LogP contribution < -0.4 is 0 Å². The Morgan fingerprint density at radius 1 is 1.18 bits per heavy atom. The lowest BCUT2D eigenvalue weighted by Crippen LogP contribution is -2.34. The molecule has 3 unspecified atom stereocenters. The van der Waals surface area contributed by atoms with Crippen LogP contribution in [0.1, 0.15) is 72.1 Å². The lowest BCUT2D eigenvalue weighted by Gasteiger charge is -2.30. The van der Waals surface area contributed by atoms with Crippen LogP contribution in [0.15, 0.2) is 0 Å². The fraction of sp³-hybridized carbons (Fsp3) is 0.944. The molecule has 3 fully saturated rings. The third-order valence-electron chi connectivity index (χ3n) is 5.82. The van der Waals surface area contributed by atoms with Crippen LogP contribution in [0, 0.1) is 11.3 Å². The topological polar surface area (TPSA) is 44.8 Å². The first-order valence-corrected chi connectivity index (χ1v) is 8.97. The number of hydrogen-bond acceptors (Lipinski definition) is 4. The van der Waals surface area contributed by atoms with Crippen LogP contribution in [0.4, 0.5) is 0 Å². The van der Waals surface area contributed by atoms with Crippen LogP contribution in [0.3, 0.4) is 0 Å². The van der Waals surface area contributed by atoms with Gasteiger partial charge in [-0.25, -0.2) is 0 Å². The number of carbonyl (C=O) groups excluding carboxylic acids is 1. The van der Waals surface area contributed by atoms with E-state index in [0.717, 1.165) is 38.5 Å². The van der Waals surface area contributed by atoms with Gasteiger partial charge in [-0.05, 0) is 58.3 Å². The molecule has 2 saturated carbocycles. The van der Waals surface area contributed by atoms with Crippen molar-refractivity contribution < 1.29 is 19.0 Å². The molecular formula is C18H30O4. The van der Waals surface area contributed by atoms with Crippen molar-refractivity contribution in [2.45, 2.75) is 90.1 Å². The predicted molar refractivity (Wildman–Crippen MR) is 83.3 cm³/mol. The van der Waals surface area contributed by atoms with Gasteiger partial charge in [-0.2, -0.15) is 0 Å². The number of hydrogen-bond donors (Lipinski definition) is 0. The Morgan fingerprint density at radius 2 is 1.86 bits per heavy atom. The van der Waals surface area contributed by atoms with Gasteiger partial charge in [0.25, 0.3) is 0 Å². The monoisotopic (exact) mass is 310 g/mol. The first kappa shape index (κ1) is 16.3. The van der Waals surface area contributed by atoms with Gasteiger partial charge in [-0.15, -0.1) is 0 Å². The lowest BCUT2D eigenvalue weighted by atomic mass is 9.85. The summed E-state index contributed by atoms with van der Waals surface area (Å²) >= 11 is 0. The van der Waals surface area contributed by atoms with Crippen molar-refractivity contribution in [2.24, 2.45) is 11.3 Å². The van der Waals surface area contributed by atoms with E-state index in [1.165, 1.54) is 12.8 Å². The Kier molecular flexibility index (Phi) is 4.52. The van der Waals surface area contributed by atoms with Crippen molar-refractivity contribution in [3.8, 4) is 0 Å². The SMILES string of the molecule is CCC(C)(C)C(=O)OCC1CCC2OC3(CCCC3)OC2C1. The molecule has 0 aromatic carbocycles. The first-order chi connectivity index (χ1) is 10.4. The molecular weight excluding hydrogens is 280 g/mol. The molecule has 1 spiro atoms. The molecule has 3 aliphatic rings. The Labute approximate surface area is 133 Å². The van der Waals surface area contributed by atoms with Crippen molar-refractivity contribution in [3.63, 3.8) is 0 Å². The highest BCUT2D eigenvalue weighted by molar-refractivity contribution is 5.75. The Balaban J connectivity index is 1.49. The first-order valence-electron chi connectivity index (χ1n) is 8.97. The van der Waals surface area contributed by atoms with E-state index in [2.05, 4.69) is 0 Å². The van der Waals surface area contributed by atoms with E-state index in [1.54, 1.807) is 0 Å². The van der Waals surface area contributed by atoms with E-state index < -0.39 is 0 Å². The summed E-state index contributed by atoms with van der Waals surface area (Å²) in [5.74, 6) is 0.0662. The Hall–Kier alpha value is -0.610. The van der Waals surface area contributed by atoms with Crippen LogP contribution >= 0.6 is 0 Å². The van der Waals surface area contributed by atoms with E-state index in [4.69, 9.17) is 14.2 Å². The van der Waals surface area contributed by atoms with Gasteiger partial charge < -0.3 is 14.2 Å². The zero-order valence-electron chi connectivity index (χ0n) is 14.2. The summed E-state index contributed by atoms with van der Waals surface area (Å²) in [6.45, 7) is 6.45. The zero-order valence-corrected chi connectivity index (χ0v) is 14.2. The number of fused-ring (bicyclic) bond motifs is 1. The standard InChI is InChI=1S/C18H30O4/c1-4-17(2,3)16(19)20-12-13-7-8-14-15(11-13)22-18(21-14)9-5-6-10-18/h13-15H,4-12H2,1-3H3. The summed E-state index contributed by atoms with van der Waals surface area (Å²) in [6.07, 6.45) is 8.86. The second-order valence-corrected chi connectivity index (χ2v) is 7.95. The predicted octanol–water partition coefficient (Wildman–Crippen LogP) is 3.82. The maximum Gasteiger partial charge on any atom is 0.311 e. The van der Waals surface area contributed by atoms with E-state index in [-0.39, 0.29) is 29.4 Å². The van der Waals surface area contributed by atoms with Gasteiger partial charge in [0.1, 0.15) is 0 Å². The van der Waals surface area contributed by atoms with Crippen molar-refractivity contribution in [3.05, 3.63) is 0 Å². The Bertz CT molecular complexity index is 411. The summed E-state index contributed by atoms with van der Waals surface area (Å²) < 4.78 is 18.1. The number of esters is 1. The minimum absolute atomic E-state index is 0.0759. The smallest absolute Gasteiger partial charge is 0.311 e. The second-order valence-electron chi connectivity index (χ2n) is 7.95. The second kappa shape index (κ2) is 6.12. The molecule has 0 aromatic heterocycles. The molecule has 1 saturated heterocycles.